The van der Waals surface area contributed by atoms with Gasteiger partial charge in [-0.25, -0.2) is 5.10 Å². The Bertz CT molecular complexity index is 726. The van der Waals surface area contributed by atoms with Gasteiger partial charge in [-0.15, -0.1) is 0 Å². The number of aromatic nitrogens is 2. The molecule has 3 N–H and O–H groups in total. The van der Waals surface area contributed by atoms with Crippen LogP contribution in [0.3, 0.4) is 0 Å². The molecule has 1 heterocycles. The van der Waals surface area contributed by atoms with Crippen LogP contribution in [0.25, 0.3) is 0 Å². The van der Waals surface area contributed by atoms with Gasteiger partial charge < -0.3 is 19.9 Å². The average Bonchev–Trinajstić information content (AvgIpc) is 2.46. The number of hydrogen-bond acceptors (Lipinski definition) is 6. The molecule has 0 aliphatic rings. The van der Waals surface area contributed by atoms with E-state index in [0.717, 1.165) is 6.07 Å². The van der Waals surface area contributed by atoms with Gasteiger partial charge in [0.25, 0.3) is 11.5 Å². The minimum absolute atomic E-state index is 0.288. The molecule has 2 rings (SSSR count). The molecular weight excluding hydrogens is 278 g/mol. The molecule has 8 nitrogen and oxygen atoms in total. The lowest BCUT2D eigenvalue weighted by atomic mass is 10.2. The first-order chi connectivity index (χ1) is 10.0. The van der Waals surface area contributed by atoms with Gasteiger partial charge in [0.15, 0.2) is 22.9 Å². The number of anilines is 1. The summed E-state index contributed by atoms with van der Waals surface area (Å²) < 4.78 is 10.2. The number of hydrogen-bond donors (Lipinski definition) is 3. The molecule has 8 heteroatoms. The number of carbonyl (C=O) groups excluding carboxylic acids is 1. The number of carbonyl (C=O) groups is 1. The van der Waals surface area contributed by atoms with Crippen molar-refractivity contribution in [3.05, 3.63) is 40.3 Å². The zero-order chi connectivity index (χ0) is 15.4. The van der Waals surface area contributed by atoms with Crippen LogP contribution in [0.15, 0.2) is 29.1 Å². The SMILES string of the molecule is COc1ccc(NC(=O)c2n[nH]c(=O)cc2O)cc1OC. The lowest BCUT2D eigenvalue weighted by molar-refractivity contribution is 0.101. The largest absolute Gasteiger partial charge is 0.505 e. The second-order valence-electron chi connectivity index (χ2n) is 3.99. The number of benzene rings is 1. The first-order valence-corrected chi connectivity index (χ1v) is 5.87. The highest BCUT2D eigenvalue weighted by molar-refractivity contribution is 6.04. The molecule has 0 saturated carbocycles. The minimum Gasteiger partial charge on any atom is -0.505 e. The third-order valence-electron chi connectivity index (χ3n) is 2.64. The number of H-pyrrole nitrogens is 1. The van der Waals surface area contributed by atoms with Gasteiger partial charge in [0.1, 0.15) is 0 Å². The van der Waals surface area contributed by atoms with Crippen molar-refractivity contribution in [3.8, 4) is 17.2 Å². The number of rotatable bonds is 4. The Labute approximate surface area is 119 Å². The van der Waals surface area contributed by atoms with Crippen molar-refractivity contribution in [2.45, 2.75) is 0 Å². The van der Waals surface area contributed by atoms with Gasteiger partial charge in [-0.3, -0.25) is 9.59 Å². The third kappa shape index (κ3) is 3.11. The maximum absolute atomic E-state index is 12.0. The van der Waals surface area contributed by atoms with Crippen molar-refractivity contribution in [2.24, 2.45) is 0 Å². The van der Waals surface area contributed by atoms with Crippen molar-refractivity contribution < 1.29 is 19.4 Å². The fraction of sp³-hybridized carbons (Fsp3) is 0.154. The van der Waals surface area contributed by atoms with Crippen LogP contribution in [0.2, 0.25) is 0 Å². The summed E-state index contributed by atoms with van der Waals surface area (Å²) in [5.74, 6) is -0.220. The smallest absolute Gasteiger partial charge is 0.279 e. The second kappa shape index (κ2) is 5.95. The van der Waals surface area contributed by atoms with Crippen LogP contribution < -0.4 is 20.3 Å². The number of aromatic amines is 1. The lowest BCUT2D eigenvalue weighted by Gasteiger charge is -2.10. The van der Waals surface area contributed by atoms with E-state index in [4.69, 9.17) is 9.47 Å². The molecule has 21 heavy (non-hydrogen) atoms. The average molecular weight is 291 g/mol. The van der Waals surface area contributed by atoms with Crippen molar-refractivity contribution in [1.82, 2.24) is 10.2 Å². The molecule has 0 saturated heterocycles. The number of aromatic hydroxyl groups is 1. The first kappa shape index (κ1) is 14.4. The van der Waals surface area contributed by atoms with Gasteiger partial charge >= 0.3 is 0 Å². The van der Waals surface area contributed by atoms with E-state index in [0.29, 0.717) is 17.2 Å². The molecule has 0 radical (unpaired) electrons. The van der Waals surface area contributed by atoms with Crippen LogP contribution in [0.4, 0.5) is 5.69 Å². The fourth-order valence-electron chi connectivity index (χ4n) is 1.66. The molecule has 2 aromatic rings. The maximum atomic E-state index is 12.0. The van der Waals surface area contributed by atoms with E-state index in [9.17, 15) is 14.7 Å². The van der Waals surface area contributed by atoms with Gasteiger partial charge in [0.2, 0.25) is 0 Å². The van der Waals surface area contributed by atoms with Gasteiger partial charge in [0.05, 0.1) is 14.2 Å². The maximum Gasteiger partial charge on any atom is 0.279 e. The van der Waals surface area contributed by atoms with Gasteiger partial charge in [-0.1, -0.05) is 0 Å². The molecule has 1 aromatic carbocycles. The van der Waals surface area contributed by atoms with Crippen molar-refractivity contribution in [1.29, 1.82) is 0 Å². The molecular formula is C13H13N3O5. The summed E-state index contributed by atoms with van der Waals surface area (Å²) in [6, 6.07) is 5.65. The number of nitrogens with one attached hydrogen (secondary N) is 2. The minimum atomic E-state index is -0.670. The number of methoxy groups -OCH3 is 2. The van der Waals surface area contributed by atoms with Crippen molar-refractivity contribution in [3.63, 3.8) is 0 Å². The number of amides is 1. The topological polar surface area (TPSA) is 114 Å². The highest BCUT2D eigenvalue weighted by atomic mass is 16.5. The molecule has 0 fully saturated rings. The third-order valence-corrected chi connectivity index (χ3v) is 2.64. The molecule has 1 amide bonds. The lowest BCUT2D eigenvalue weighted by Crippen LogP contribution is -2.18. The van der Waals surface area contributed by atoms with Gasteiger partial charge in [-0.05, 0) is 12.1 Å². The molecule has 110 valence electrons. The number of nitrogens with zero attached hydrogens (tertiary/aromatic N) is 1. The van der Waals surface area contributed by atoms with Crippen molar-refractivity contribution in [2.75, 3.05) is 19.5 Å². The van der Waals surface area contributed by atoms with Crippen molar-refractivity contribution >= 4 is 11.6 Å². The van der Waals surface area contributed by atoms with Crippen LogP contribution in [-0.4, -0.2) is 35.4 Å². The summed E-state index contributed by atoms with van der Waals surface area (Å²) in [5.41, 5.74) is -0.468. The summed E-state index contributed by atoms with van der Waals surface area (Å²) in [6.45, 7) is 0. The zero-order valence-corrected chi connectivity index (χ0v) is 11.3. The van der Waals surface area contributed by atoms with Crippen LogP contribution in [0.5, 0.6) is 17.2 Å². The van der Waals surface area contributed by atoms with E-state index in [1.165, 1.54) is 14.2 Å². The molecule has 0 aliphatic heterocycles. The van der Waals surface area contributed by atoms with Crippen LogP contribution in [-0.2, 0) is 0 Å². The van der Waals surface area contributed by atoms with E-state index in [1.54, 1.807) is 18.2 Å². The van der Waals surface area contributed by atoms with Crippen LogP contribution in [0.1, 0.15) is 10.5 Å². The first-order valence-electron chi connectivity index (χ1n) is 5.87. The predicted molar refractivity (Wildman–Crippen MR) is 74.0 cm³/mol. The highest BCUT2D eigenvalue weighted by Crippen LogP contribution is 2.30. The molecule has 1 aromatic heterocycles. The summed E-state index contributed by atoms with van der Waals surface area (Å²) >= 11 is 0. The monoisotopic (exact) mass is 291 g/mol. The summed E-state index contributed by atoms with van der Waals surface area (Å²) in [7, 11) is 2.97. The Morgan fingerprint density at radius 3 is 2.57 bits per heavy atom. The van der Waals surface area contributed by atoms with E-state index >= 15 is 0 Å². The zero-order valence-electron chi connectivity index (χ0n) is 11.3. The molecule has 0 unspecified atom stereocenters. The van der Waals surface area contributed by atoms with E-state index in [2.05, 4.69) is 15.5 Å². The Hall–Kier alpha value is -3.03. The summed E-state index contributed by atoms with van der Waals surface area (Å²) in [5, 5.41) is 17.6. The van der Waals surface area contributed by atoms with Gasteiger partial charge in [0, 0.05) is 17.8 Å². The van der Waals surface area contributed by atoms with Gasteiger partial charge in [-0.2, -0.15) is 5.10 Å². The Morgan fingerprint density at radius 1 is 1.24 bits per heavy atom. The van der Waals surface area contributed by atoms with E-state index < -0.39 is 17.2 Å². The highest BCUT2D eigenvalue weighted by Gasteiger charge is 2.15. The summed E-state index contributed by atoms with van der Waals surface area (Å²) in [4.78, 5) is 22.9. The standard InChI is InChI=1S/C13H13N3O5/c1-20-9-4-3-7(5-10(9)21-2)14-13(19)12-8(17)6-11(18)15-16-12/h3-6H,1-2H3,(H,14,19)(H2,15,17,18). The molecule has 0 spiro atoms. The van der Waals surface area contributed by atoms with E-state index in [1.807, 2.05) is 0 Å². The Morgan fingerprint density at radius 2 is 1.95 bits per heavy atom. The second-order valence-corrected chi connectivity index (χ2v) is 3.99. The normalized spacial score (nSPS) is 10.0. The van der Waals surface area contributed by atoms with E-state index in [-0.39, 0.29) is 5.69 Å². The van der Waals surface area contributed by atoms with Crippen LogP contribution in [0, 0.1) is 0 Å². The summed E-state index contributed by atoms with van der Waals surface area (Å²) in [6.07, 6.45) is 0. The molecule has 0 atom stereocenters. The fourth-order valence-corrected chi connectivity index (χ4v) is 1.66. The Kier molecular flexibility index (Phi) is 4.07. The quantitative estimate of drug-likeness (QED) is 0.765. The predicted octanol–water partition coefficient (Wildman–Crippen LogP) is 0.745. The molecule has 0 aliphatic carbocycles. The number of ether oxygens (including phenoxy) is 2. The Balaban J connectivity index is 2.25. The molecule has 0 bridgehead atoms. The van der Waals surface area contributed by atoms with Crippen LogP contribution >= 0.6 is 0 Å².